The molecule has 3 nitrogen and oxygen atoms in total. The van der Waals surface area contributed by atoms with Gasteiger partial charge in [-0.05, 0) is 83.7 Å². The zero-order valence-electron chi connectivity index (χ0n) is 22.3. The molecule has 2 heterocycles. The second-order valence-electron chi connectivity index (χ2n) is 11.9. The minimum Gasteiger partial charge on any atom is -0.399 e. The van der Waals surface area contributed by atoms with Crippen molar-refractivity contribution in [3.05, 3.63) is 112 Å². The molecule has 3 aliphatic rings. The molecule has 0 atom stereocenters. The molecule has 1 saturated heterocycles. The summed E-state index contributed by atoms with van der Waals surface area (Å²) in [6, 6.07) is 31.3. The standard InChI is InChI=1S/C34H26BNO2S/c1-32(2)33(3,4)38-35(37-32)21-13-14-27-24(17-21)31-28(15-16-29-30(31)20(18-36)19-39-29)34(27)25-11-7-5-9-22(25)23-10-6-8-12-26(23)34/h5-17,19H,1-4H3. The van der Waals surface area contributed by atoms with Gasteiger partial charge in [-0.3, -0.25) is 0 Å². The minimum absolute atomic E-state index is 0.423. The highest BCUT2D eigenvalue weighted by Gasteiger charge is 2.54. The fourth-order valence-electron chi connectivity index (χ4n) is 6.99. The topological polar surface area (TPSA) is 42.2 Å². The first-order valence-corrected chi connectivity index (χ1v) is 14.3. The van der Waals surface area contributed by atoms with E-state index in [2.05, 4.69) is 113 Å². The molecular formula is C34H26BNO2S. The maximum Gasteiger partial charge on any atom is 0.494 e. The molecule has 5 aromatic rings. The molecule has 2 aliphatic carbocycles. The van der Waals surface area contributed by atoms with E-state index < -0.39 is 23.7 Å². The van der Waals surface area contributed by atoms with Crippen LogP contribution < -0.4 is 5.46 Å². The van der Waals surface area contributed by atoms with E-state index in [-0.39, 0.29) is 0 Å². The van der Waals surface area contributed by atoms with Crippen LogP contribution in [-0.2, 0) is 14.7 Å². The SMILES string of the molecule is CC1(C)OB(c2ccc3c(c2)-c2c(ccc4scc(C#N)c24)C32c3ccccc3-c3ccccc32)OC1(C)C. The Hall–Kier alpha value is -3.69. The normalized spacial score (nSPS) is 18.6. The highest BCUT2D eigenvalue weighted by atomic mass is 32.1. The fraction of sp³-hybridized carbons (Fsp3) is 0.206. The third-order valence-electron chi connectivity index (χ3n) is 9.46. The Kier molecular flexibility index (Phi) is 4.46. The van der Waals surface area contributed by atoms with Crippen molar-refractivity contribution in [2.45, 2.75) is 44.3 Å². The van der Waals surface area contributed by atoms with Crippen molar-refractivity contribution in [1.29, 1.82) is 5.26 Å². The Morgan fingerprint density at radius 1 is 0.718 bits per heavy atom. The molecule has 0 saturated carbocycles. The molecule has 8 rings (SSSR count). The molecule has 39 heavy (non-hydrogen) atoms. The predicted octanol–water partition coefficient (Wildman–Crippen LogP) is 7.42. The number of benzene rings is 4. The number of rotatable bonds is 1. The van der Waals surface area contributed by atoms with Crippen LogP contribution in [0.15, 0.2) is 84.2 Å². The van der Waals surface area contributed by atoms with Gasteiger partial charge in [0.25, 0.3) is 0 Å². The van der Waals surface area contributed by atoms with Crippen LogP contribution in [0.4, 0.5) is 0 Å². The second kappa shape index (κ2) is 7.49. The average molecular weight is 523 g/mol. The molecule has 1 aliphatic heterocycles. The number of nitriles is 1. The summed E-state index contributed by atoms with van der Waals surface area (Å²) in [6.45, 7) is 8.35. The molecule has 1 fully saturated rings. The zero-order valence-corrected chi connectivity index (χ0v) is 23.1. The highest BCUT2D eigenvalue weighted by molar-refractivity contribution is 7.17. The Labute approximate surface area is 232 Å². The highest BCUT2D eigenvalue weighted by Crippen LogP contribution is 2.64. The van der Waals surface area contributed by atoms with E-state index in [0.29, 0.717) is 0 Å². The Bertz CT molecular complexity index is 1850. The number of hydrogen-bond donors (Lipinski definition) is 0. The summed E-state index contributed by atoms with van der Waals surface area (Å²) < 4.78 is 14.1. The Morgan fingerprint density at radius 3 is 1.95 bits per heavy atom. The van der Waals surface area contributed by atoms with Crippen LogP contribution in [-0.4, -0.2) is 18.3 Å². The van der Waals surface area contributed by atoms with Gasteiger partial charge in [-0.15, -0.1) is 11.3 Å². The second-order valence-corrected chi connectivity index (χ2v) is 12.8. The lowest BCUT2D eigenvalue weighted by molar-refractivity contribution is 0.00578. The lowest BCUT2D eigenvalue weighted by atomic mass is 9.69. The van der Waals surface area contributed by atoms with Gasteiger partial charge >= 0.3 is 7.12 Å². The lowest BCUT2D eigenvalue weighted by Gasteiger charge is -2.32. The molecule has 0 radical (unpaired) electrons. The van der Waals surface area contributed by atoms with Crippen molar-refractivity contribution in [2.75, 3.05) is 0 Å². The van der Waals surface area contributed by atoms with E-state index in [9.17, 15) is 5.26 Å². The first kappa shape index (κ1) is 23.2. The van der Waals surface area contributed by atoms with Crippen molar-refractivity contribution in [3.63, 3.8) is 0 Å². The molecular weight excluding hydrogens is 497 g/mol. The maximum atomic E-state index is 10.1. The van der Waals surface area contributed by atoms with Crippen LogP contribution in [0, 0.1) is 11.3 Å². The third kappa shape index (κ3) is 2.74. The molecule has 5 heteroatoms. The zero-order chi connectivity index (χ0) is 26.7. The number of fused-ring (bicyclic) bond motifs is 12. The third-order valence-corrected chi connectivity index (χ3v) is 10.4. The van der Waals surface area contributed by atoms with E-state index in [0.717, 1.165) is 32.2 Å². The molecule has 0 amide bonds. The van der Waals surface area contributed by atoms with Gasteiger partial charge in [-0.2, -0.15) is 5.26 Å². The largest absolute Gasteiger partial charge is 0.494 e. The van der Waals surface area contributed by atoms with E-state index in [1.807, 2.05) is 5.38 Å². The van der Waals surface area contributed by atoms with Crippen LogP contribution in [0.1, 0.15) is 55.5 Å². The summed E-state index contributed by atoms with van der Waals surface area (Å²) in [5.74, 6) is 0. The van der Waals surface area contributed by atoms with E-state index in [1.165, 1.54) is 33.4 Å². The van der Waals surface area contributed by atoms with E-state index in [4.69, 9.17) is 9.31 Å². The smallest absolute Gasteiger partial charge is 0.399 e. The minimum atomic E-state index is -0.458. The molecule has 188 valence electrons. The van der Waals surface area contributed by atoms with Crippen molar-refractivity contribution in [2.24, 2.45) is 0 Å². The predicted molar refractivity (Wildman–Crippen MR) is 159 cm³/mol. The molecule has 1 aromatic heterocycles. The molecule has 4 aromatic carbocycles. The molecule has 0 bridgehead atoms. The van der Waals surface area contributed by atoms with Gasteiger partial charge < -0.3 is 9.31 Å². The quantitative estimate of drug-likeness (QED) is 0.210. The van der Waals surface area contributed by atoms with Gasteiger partial charge in [0.05, 0.1) is 22.2 Å². The number of thiophene rings is 1. The summed E-state index contributed by atoms with van der Waals surface area (Å²) >= 11 is 1.64. The first-order valence-electron chi connectivity index (χ1n) is 13.4. The van der Waals surface area contributed by atoms with Crippen molar-refractivity contribution < 1.29 is 9.31 Å². The van der Waals surface area contributed by atoms with E-state index in [1.54, 1.807) is 11.3 Å². The molecule has 0 unspecified atom stereocenters. The van der Waals surface area contributed by atoms with Crippen LogP contribution in [0.25, 0.3) is 32.3 Å². The van der Waals surface area contributed by atoms with Crippen LogP contribution in [0.3, 0.4) is 0 Å². The van der Waals surface area contributed by atoms with Gasteiger partial charge in [0.15, 0.2) is 0 Å². The maximum absolute atomic E-state index is 10.1. The Morgan fingerprint density at radius 2 is 1.31 bits per heavy atom. The van der Waals surface area contributed by atoms with Crippen LogP contribution >= 0.6 is 11.3 Å². The fourth-order valence-corrected chi connectivity index (χ4v) is 7.88. The van der Waals surface area contributed by atoms with Crippen molar-refractivity contribution in [1.82, 2.24) is 0 Å². The van der Waals surface area contributed by atoms with Gasteiger partial charge in [-0.1, -0.05) is 72.8 Å². The summed E-state index contributed by atoms with van der Waals surface area (Å²) in [6.07, 6.45) is 0. The van der Waals surface area contributed by atoms with Gasteiger partial charge in [-0.25, -0.2) is 0 Å². The van der Waals surface area contributed by atoms with Gasteiger partial charge in [0, 0.05) is 15.5 Å². The van der Waals surface area contributed by atoms with Gasteiger partial charge in [0.1, 0.15) is 6.07 Å². The summed E-state index contributed by atoms with van der Waals surface area (Å²) in [5, 5.41) is 13.2. The first-order chi connectivity index (χ1) is 18.8. The Balaban J connectivity index is 1.48. The summed E-state index contributed by atoms with van der Waals surface area (Å²) in [5.41, 5.74) is 10.4. The molecule has 1 spiro atoms. The van der Waals surface area contributed by atoms with E-state index >= 15 is 0 Å². The summed E-state index contributed by atoms with van der Waals surface area (Å²) in [7, 11) is -0.458. The molecule has 0 N–H and O–H groups in total. The van der Waals surface area contributed by atoms with Crippen molar-refractivity contribution in [3.8, 4) is 28.3 Å². The van der Waals surface area contributed by atoms with Gasteiger partial charge in [0.2, 0.25) is 0 Å². The monoisotopic (exact) mass is 523 g/mol. The van der Waals surface area contributed by atoms with Crippen LogP contribution in [0.2, 0.25) is 0 Å². The summed E-state index contributed by atoms with van der Waals surface area (Å²) in [4.78, 5) is 0. The average Bonchev–Trinajstić information content (AvgIpc) is 3.63. The van der Waals surface area contributed by atoms with Crippen molar-refractivity contribution >= 4 is 34.0 Å². The lowest BCUT2D eigenvalue weighted by Crippen LogP contribution is -2.41. The van der Waals surface area contributed by atoms with Crippen LogP contribution in [0.5, 0.6) is 0 Å². The number of nitrogens with zero attached hydrogens (tertiary/aromatic N) is 1. The number of hydrogen-bond acceptors (Lipinski definition) is 4.